The van der Waals surface area contributed by atoms with Crippen LogP contribution in [0.5, 0.6) is 5.75 Å². The average molecular weight is 324 g/mol. The fourth-order valence-electron chi connectivity index (χ4n) is 2.23. The first-order chi connectivity index (χ1) is 8.72. The molecule has 2 nitrogen and oxygen atoms in total. The Morgan fingerprint density at radius 2 is 2.22 bits per heavy atom. The number of hydrogen-bond acceptors (Lipinski definition) is 3. The zero-order valence-corrected chi connectivity index (χ0v) is 12.3. The van der Waals surface area contributed by atoms with Crippen LogP contribution in [0.2, 0.25) is 0 Å². The Morgan fingerprint density at radius 3 is 3.00 bits per heavy atom. The largest absolute Gasteiger partial charge is 0.493 e. The zero-order valence-electron chi connectivity index (χ0n) is 9.86. The lowest BCUT2D eigenvalue weighted by molar-refractivity contribution is 0.357. The molecule has 0 amide bonds. The molecule has 18 heavy (non-hydrogen) atoms. The molecule has 2 aromatic rings. The fraction of sp³-hybridized carbons (Fsp3) is 0.286. The van der Waals surface area contributed by atoms with Crippen LogP contribution in [0.3, 0.4) is 0 Å². The normalized spacial score (nSPS) is 15.2. The highest BCUT2D eigenvalue weighted by Gasteiger charge is 2.15. The summed E-state index contributed by atoms with van der Waals surface area (Å²) in [7, 11) is 0. The Labute approximate surface area is 119 Å². The van der Waals surface area contributed by atoms with Crippen molar-refractivity contribution in [2.45, 2.75) is 18.9 Å². The number of benzene rings is 1. The molecule has 0 aliphatic carbocycles. The molecule has 1 atom stereocenters. The van der Waals surface area contributed by atoms with Crippen molar-refractivity contribution in [3.05, 3.63) is 50.1 Å². The van der Waals surface area contributed by atoms with E-state index in [-0.39, 0.29) is 6.04 Å². The van der Waals surface area contributed by atoms with Crippen LogP contribution in [0.15, 0.2) is 34.1 Å². The molecule has 1 aliphatic heterocycles. The lowest BCUT2D eigenvalue weighted by Crippen LogP contribution is -2.12. The molecular weight excluding hydrogens is 310 g/mol. The van der Waals surface area contributed by atoms with E-state index >= 15 is 0 Å². The van der Waals surface area contributed by atoms with E-state index in [1.165, 1.54) is 16.0 Å². The second-order valence-electron chi connectivity index (χ2n) is 4.48. The first kappa shape index (κ1) is 12.2. The third-order valence-electron chi connectivity index (χ3n) is 3.19. The van der Waals surface area contributed by atoms with Gasteiger partial charge in [0.05, 0.1) is 10.4 Å². The minimum atomic E-state index is 0.0569. The molecule has 1 aliphatic rings. The Balaban J connectivity index is 1.78. The molecule has 1 aromatic carbocycles. The molecule has 3 rings (SSSR count). The van der Waals surface area contributed by atoms with Crippen molar-refractivity contribution >= 4 is 27.3 Å². The van der Waals surface area contributed by atoms with E-state index in [0.717, 1.165) is 29.0 Å². The maximum absolute atomic E-state index is 6.28. The first-order valence-electron chi connectivity index (χ1n) is 5.98. The minimum absolute atomic E-state index is 0.0569. The Morgan fingerprint density at radius 1 is 1.33 bits per heavy atom. The smallest absolute Gasteiger partial charge is 0.122 e. The van der Waals surface area contributed by atoms with Gasteiger partial charge < -0.3 is 10.5 Å². The van der Waals surface area contributed by atoms with Crippen LogP contribution in [0, 0.1) is 0 Å². The maximum Gasteiger partial charge on any atom is 0.122 e. The van der Waals surface area contributed by atoms with Crippen LogP contribution >= 0.6 is 27.3 Å². The van der Waals surface area contributed by atoms with Crippen molar-refractivity contribution in [3.63, 3.8) is 0 Å². The van der Waals surface area contributed by atoms with Gasteiger partial charge in [-0.15, -0.1) is 11.3 Å². The van der Waals surface area contributed by atoms with Gasteiger partial charge in [0.1, 0.15) is 5.75 Å². The van der Waals surface area contributed by atoms with Gasteiger partial charge in [0.2, 0.25) is 0 Å². The van der Waals surface area contributed by atoms with Gasteiger partial charge in [0.25, 0.3) is 0 Å². The molecule has 0 saturated heterocycles. The van der Waals surface area contributed by atoms with Gasteiger partial charge in [-0.2, -0.15) is 0 Å². The first-order valence-corrected chi connectivity index (χ1v) is 7.59. The van der Waals surface area contributed by atoms with Gasteiger partial charge in [-0.25, -0.2) is 0 Å². The van der Waals surface area contributed by atoms with E-state index in [0.29, 0.717) is 0 Å². The van der Waals surface area contributed by atoms with Crippen LogP contribution in [-0.4, -0.2) is 6.61 Å². The molecule has 2 N–H and O–H groups in total. The van der Waals surface area contributed by atoms with E-state index in [9.17, 15) is 0 Å². The predicted molar refractivity (Wildman–Crippen MR) is 78.3 cm³/mol. The van der Waals surface area contributed by atoms with E-state index < -0.39 is 0 Å². The number of ether oxygens (including phenoxy) is 1. The third-order valence-corrected chi connectivity index (χ3v) is 4.84. The molecule has 0 bridgehead atoms. The summed E-state index contributed by atoms with van der Waals surface area (Å²) in [6, 6.07) is 10.6. The van der Waals surface area contributed by atoms with Crippen LogP contribution in [0.25, 0.3) is 0 Å². The topological polar surface area (TPSA) is 35.2 Å². The molecule has 4 heteroatoms. The second kappa shape index (κ2) is 5.03. The highest BCUT2D eigenvalue weighted by Crippen LogP contribution is 2.30. The van der Waals surface area contributed by atoms with Gasteiger partial charge in [-0.1, -0.05) is 12.1 Å². The van der Waals surface area contributed by atoms with Crippen LogP contribution in [0.1, 0.15) is 22.0 Å². The average Bonchev–Trinajstić information content (AvgIpc) is 2.96. The molecule has 0 fully saturated rings. The van der Waals surface area contributed by atoms with Crippen LogP contribution in [0.4, 0.5) is 0 Å². The van der Waals surface area contributed by atoms with E-state index in [2.05, 4.69) is 40.2 Å². The number of fused-ring (bicyclic) bond motifs is 1. The van der Waals surface area contributed by atoms with Crippen molar-refractivity contribution in [1.29, 1.82) is 0 Å². The van der Waals surface area contributed by atoms with Crippen LogP contribution in [-0.2, 0) is 12.8 Å². The summed E-state index contributed by atoms with van der Waals surface area (Å²) in [5.41, 5.74) is 8.77. The lowest BCUT2D eigenvalue weighted by atomic mass is 10.0. The third kappa shape index (κ3) is 2.46. The van der Waals surface area contributed by atoms with Gasteiger partial charge in [0.15, 0.2) is 0 Å². The fourth-order valence-corrected chi connectivity index (χ4v) is 3.77. The highest BCUT2D eigenvalue weighted by atomic mass is 79.9. The minimum Gasteiger partial charge on any atom is -0.493 e. The van der Waals surface area contributed by atoms with Gasteiger partial charge in [-0.3, -0.25) is 0 Å². The summed E-state index contributed by atoms with van der Waals surface area (Å²) in [6.45, 7) is 0.798. The van der Waals surface area contributed by atoms with Gasteiger partial charge in [-0.05, 0) is 45.3 Å². The highest BCUT2D eigenvalue weighted by molar-refractivity contribution is 9.11. The standard InChI is InChI=1S/C14H14BrNOS/c15-14-4-2-11(18-14)8-12(16)9-1-3-13-10(7-9)5-6-17-13/h1-4,7,12H,5-6,8,16H2. The Hall–Kier alpha value is -0.840. The monoisotopic (exact) mass is 323 g/mol. The van der Waals surface area contributed by atoms with E-state index in [1.54, 1.807) is 11.3 Å². The van der Waals surface area contributed by atoms with Gasteiger partial charge in [0, 0.05) is 23.8 Å². The van der Waals surface area contributed by atoms with Crippen molar-refractivity contribution in [3.8, 4) is 5.75 Å². The number of rotatable bonds is 3. The van der Waals surface area contributed by atoms with Crippen molar-refractivity contribution in [1.82, 2.24) is 0 Å². The summed E-state index contributed by atoms with van der Waals surface area (Å²) in [5, 5.41) is 0. The van der Waals surface area contributed by atoms with Gasteiger partial charge >= 0.3 is 0 Å². The SMILES string of the molecule is NC(Cc1ccc(Br)s1)c1ccc2c(c1)CCO2. The summed E-state index contributed by atoms with van der Waals surface area (Å²) < 4.78 is 6.67. The number of thiophene rings is 1. The van der Waals surface area contributed by atoms with E-state index in [4.69, 9.17) is 10.5 Å². The summed E-state index contributed by atoms with van der Waals surface area (Å²) in [5.74, 6) is 1.02. The summed E-state index contributed by atoms with van der Waals surface area (Å²) in [6.07, 6.45) is 1.89. The van der Waals surface area contributed by atoms with Crippen molar-refractivity contribution in [2.24, 2.45) is 5.73 Å². The molecule has 0 saturated carbocycles. The van der Waals surface area contributed by atoms with Crippen molar-refractivity contribution in [2.75, 3.05) is 6.61 Å². The molecule has 1 unspecified atom stereocenters. The summed E-state index contributed by atoms with van der Waals surface area (Å²) in [4.78, 5) is 1.31. The Kier molecular flexibility index (Phi) is 3.41. The molecular formula is C14H14BrNOS. The number of halogens is 1. The zero-order chi connectivity index (χ0) is 12.5. The second-order valence-corrected chi connectivity index (χ2v) is 7.03. The van der Waals surface area contributed by atoms with Crippen LogP contribution < -0.4 is 10.5 Å². The molecule has 2 heterocycles. The predicted octanol–water partition coefficient (Wildman–Crippen LogP) is 3.69. The Bertz CT molecular complexity index is 567. The van der Waals surface area contributed by atoms with Crippen molar-refractivity contribution < 1.29 is 4.74 Å². The molecule has 94 valence electrons. The maximum atomic E-state index is 6.28. The molecule has 1 aromatic heterocycles. The molecule has 0 radical (unpaired) electrons. The molecule has 0 spiro atoms. The lowest BCUT2D eigenvalue weighted by Gasteiger charge is -2.12. The number of hydrogen-bond donors (Lipinski definition) is 1. The summed E-state index contributed by atoms with van der Waals surface area (Å²) >= 11 is 5.23. The van der Waals surface area contributed by atoms with E-state index in [1.807, 2.05) is 6.07 Å². The quantitative estimate of drug-likeness (QED) is 0.935. The number of nitrogens with two attached hydrogens (primary N) is 1.